The Bertz CT molecular complexity index is 1220. The largest absolute Gasteiger partial charge is 0.453 e. The van der Waals surface area contributed by atoms with Crippen molar-refractivity contribution in [3.8, 4) is 0 Å². The molecular weight excluding hydrogens is 436 g/mol. The van der Waals surface area contributed by atoms with Crippen molar-refractivity contribution in [2.24, 2.45) is 0 Å². The number of esters is 1. The van der Waals surface area contributed by atoms with Gasteiger partial charge < -0.3 is 9.30 Å². The average Bonchev–Trinajstić information content (AvgIpc) is 3.30. The van der Waals surface area contributed by atoms with Gasteiger partial charge in [-0.3, -0.25) is 0 Å². The molecule has 3 aromatic rings. The molecule has 1 fully saturated rings. The smallest absolute Gasteiger partial charge is 0.350 e. The highest BCUT2D eigenvalue weighted by Crippen LogP contribution is 2.26. The van der Waals surface area contributed by atoms with Crippen LogP contribution in [0, 0.1) is 13.8 Å². The van der Waals surface area contributed by atoms with E-state index in [1.54, 1.807) is 29.4 Å². The first-order valence-corrected chi connectivity index (χ1v) is 12.7. The summed E-state index contributed by atoms with van der Waals surface area (Å²) in [6.07, 6.45) is 2.84. The van der Waals surface area contributed by atoms with Crippen LogP contribution in [0.5, 0.6) is 0 Å². The van der Waals surface area contributed by atoms with Crippen LogP contribution < -0.4 is 0 Å². The molecule has 10 heteroatoms. The monoisotopic (exact) mass is 462 g/mol. The Morgan fingerprint density at radius 3 is 2.55 bits per heavy atom. The number of hydrogen-bond acceptors (Lipinski definition) is 7. The zero-order valence-corrected chi connectivity index (χ0v) is 19.6. The molecule has 0 amide bonds. The Morgan fingerprint density at radius 1 is 1.16 bits per heavy atom. The predicted octanol–water partition coefficient (Wildman–Crippen LogP) is 3.66. The molecule has 0 radical (unpaired) electrons. The fourth-order valence-corrected chi connectivity index (χ4v) is 6.30. The highest BCUT2D eigenvalue weighted by Gasteiger charge is 2.27. The van der Waals surface area contributed by atoms with E-state index in [4.69, 9.17) is 4.74 Å². The van der Waals surface area contributed by atoms with Crippen LogP contribution in [0.15, 0.2) is 23.1 Å². The van der Waals surface area contributed by atoms with Crippen molar-refractivity contribution in [2.75, 3.05) is 13.1 Å². The van der Waals surface area contributed by atoms with Crippen molar-refractivity contribution in [2.45, 2.75) is 58.1 Å². The molecule has 0 N–H and O–H groups in total. The lowest BCUT2D eigenvalue weighted by molar-refractivity contribution is 0.0463. The Hall–Kier alpha value is -2.30. The van der Waals surface area contributed by atoms with Crippen molar-refractivity contribution in [3.63, 3.8) is 0 Å². The Morgan fingerprint density at radius 2 is 1.90 bits per heavy atom. The number of benzene rings is 1. The van der Waals surface area contributed by atoms with Crippen LogP contribution in [0.4, 0.5) is 0 Å². The van der Waals surface area contributed by atoms with Gasteiger partial charge in [-0.1, -0.05) is 6.42 Å². The molecular formula is C21H26N4O4S2. The van der Waals surface area contributed by atoms with Crippen LogP contribution >= 0.6 is 11.3 Å². The van der Waals surface area contributed by atoms with Gasteiger partial charge in [0.05, 0.1) is 26.6 Å². The number of nitrogens with zero attached hydrogens (tertiary/aromatic N) is 4. The van der Waals surface area contributed by atoms with Crippen molar-refractivity contribution in [1.29, 1.82) is 0 Å². The highest BCUT2D eigenvalue weighted by atomic mass is 32.2. The minimum Gasteiger partial charge on any atom is -0.453 e. The second-order valence-corrected chi connectivity index (χ2v) is 10.8. The third kappa shape index (κ3) is 4.24. The van der Waals surface area contributed by atoms with Gasteiger partial charge in [-0.25, -0.2) is 23.2 Å². The molecule has 31 heavy (non-hydrogen) atoms. The molecule has 0 spiro atoms. The topological polar surface area (TPSA) is 94.4 Å². The molecule has 4 rings (SSSR count). The molecule has 1 aromatic carbocycles. The van der Waals surface area contributed by atoms with E-state index in [-0.39, 0.29) is 11.5 Å². The number of rotatable bonds is 6. The molecule has 0 atom stereocenters. The van der Waals surface area contributed by atoms with Gasteiger partial charge in [0.1, 0.15) is 17.3 Å². The summed E-state index contributed by atoms with van der Waals surface area (Å²) in [7, 11) is -3.53. The standard InChI is InChI=1S/C21H26N4O4S2/c1-4-25-18-9-8-16(31(27,28)24-10-6-5-7-11-24)12-17(18)23-19(25)13-29-21(26)20-14(2)22-15(3)30-20/h8-9,12H,4-7,10-11,13H2,1-3H3. The van der Waals surface area contributed by atoms with Gasteiger partial charge >= 0.3 is 5.97 Å². The maximum absolute atomic E-state index is 13.0. The zero-order valence-electron chi connectivity index (χ0n) is 17.9. The second-order valence-electron chi connectivity index (χ2n) is 7.61. The Kier molecular flexibility index (Phi) is 6.14. The molecule has 0 unspecified atom stereocenters. The summed E-state index contributed by atoms with van der Waals surface area (Å²) >= 11 is 1.31. The molecule has 1 aliphatic rings. The summed E-state index contributed by atoms with van der Waals surface area (Å²) < 4.78 is 35.0. The van der Waals surface area contributed by atoms with Crippen LogP contribution in [-0.4, -0.2) is 46.3 Å². The summed E-state index contributed by atoms with van der Waals surface area (Å²) in [5.74, 6) is 0.156. The number of hydrogen-bond donors (Lipinski definition) is 0. The molecule has 3 heterocycles. The van der Waals surface area contributed by atoms with E-state index in [1.165, 1.54) is 11.3 Å². The summed E-state index contributed by atoms with van der Waals surface area (Å²) in [6.45, 7) is 7.35. The predicted molar refractivity (Wildman–Crippen MR) is 119 cm³/mol. The van der Waals surface area contributed by atoms with Crippen LogP contribution in [0.3, 0.4) is 0 Å². The second kappa shape index (κ2) is 8.68. The Labute approximate surface area is 185 Å². The molecule has 2 aromatic heterocycles. The fraction of sp³-hybridized carbons (Fsp3) is 0.476. The van der Waals surface area contributed by atoms with Gasteiger partial charge in [0.2, 0.25) is 10.0 Å². The zero-order chi connectivity index (χ0) is 22.2. The third-order valence-electron chi connectivity index (χ3n) is 5.49. The molecule has 166 valence electrons. The van der Waals surface area contributed by atoms with E-state index in [1.807, 2.05) is 18.4 Å². The van der Waals surface area contributed by atoms with Gasteiger partial charge in [0.15, 0.2) is 0 Å². The van der Waals surface area contributed by atoms with Crippen LogP contribution in [0.2, 0.25) is 0 Å². The first kappa shape index (κ1) is 21.9. The summed E-state index contributed by atoms with van der Waals surface area (Å²) in [6, 6.07) is 5.04. The molecule has 0 aliphatic carbocycles. The number of sulfonamides is 1. The lowest BCUT2D eigenvalue weighted by Gasteiger charge is -2.25. The number of piperidine rings is 1. The third-order valence-corrected chi connectivity index (χ3v) is 8.44. The van der Waals surface area contributed by atoms with Gasteiger partial charge in [0, 0.05) is 19.6 Å². The lowest BCUT2D eigenvalue weighted by Crippen LogP contribution is -2.35. The molecule has 0 saturated carbocycles. The normalized spacial score (nSPS) is 15.5. The van der Waals surface area contributed by atoms with Crippen molar-refractivity contribution in [1.82, 2.24) is 18.8 Å². The number of aryl methyl sites for hydroxylation is 3. The molecule has 8 nitrogen and oxygen atoms in total. The number of ether oxygens (including phenoxy) is 1. The van der Waals surface area contributed by atoms with E-state index >= 15 is 0 Å². The molecule has 1 aliphatic heterocycles. The van der Waals surface area contributed by atoms with Crippen molar-refractivity contribution < 1.29 is 17.9 Å². The molecule has 0 bridgehead atoms. The maximum atomic E-state index is 13.0. The number of thiazole rings is 1. The first-order valence-electron chi connectivity index (χ1n) is 10.4. The number of fused-ring (bicyclic) bond motifs is 1. The number of carbonyl (C=O) groups excluding carboxylic acids is 1. The number of carbonyl (C=O) groups is 1. The number of aromatic nitrogens is 3. The SMILES string of the molecule is CCn1c(COC(=O)c2sc(C)nc2C)nc2cc(S(=O)(=O)N3CCCCC3)ccc21. The van der Waals surface area contributed by atoms with Gasteiger partial charge in [0.25, 0.3) is 0 Å². The van der Waals surface area contributed by atoms with Crippen molar-refractivity contribution in [3.05, 3.63) is 39.6 Å². The summed E-state index contributed by atoms with van der Waals surface area (Å²) in [5.41, 5.74) is 2.05. The Balaban J connectivity index is 1.60. The first-order chi connectivity index (χ1) is 14.8. The van der Waals surface area contributed by atoms with Crippen LogP contribution in [0.1, 0.15) is 52.4 Å². The fourth-order valence-electron chi connectivity index (χ4n) is 3.95. The lowest BCUT2D eigenvalue weighted by atomic mass is 10.2. The van der Waals surface area contributed by atoms with E-state index in [0.717, 1.165) is 29.8 Å². The number of imidazole rings is 1. The maximum Gasteiger partial charge on any atom is 0.350 e. The molecule has 1 saturated heterocycles. The van der Waals surface area contributed by atoms with Crippen LogP contribution in [0.25, 0.3) is 11.0 Å². The van der Waals surface area contributed by atoms with E-state index < -0.39 is 16.0 Å². The average molecular weight is 463 g/mol. The summed E-state index contributed by atoms with van der Waals surface area (Å²) in [5, 5.41) is 0.813. The van der Waals surface area contributed by atoms with Crippen molar-refractivity contribution >= 4 is 38.4 Å². The highest BCUT2D eigenvalue weighted by molar-refractivity contribution is 7.89. The van der Waals surface area contributed by atoms with E-state index in [0.29, 0.717) is 41.5 Å². The van der Waals surface area contributed by atoms with Gasteiger partial charge in [-0.05, 0) is 51.8 Å². The minimum atomic E-state index is -3.53. The summed E-state index contributed by atoms with van der Waals surface area (Å²) in [4.78, 5) is 22.0. The van der Waals surface area contributed by atoms with Crippen LogP contribution in [-0.2, 0) is 27.9 Å². The van der Waals surface area contributed by atoms with E-state index in [9.17, 15) is 13.2 Å². The minimum absolute atomic E-state index is 0.00590. The van der Waals surface area contributed by atoms with Gasteiger partial charge in [-0.2, -0.15) is 4.31 Å². The van der Waals surface area contributed by atoms with Gasteiger partial charge in [-0.15, -0.1) is 11.3 Å². The quantitative estimate of drug-likeness (QED) is 0.519. The van der Waals surface area contributed by atoms with E-state index in [2.05, 4.69) is 9.97 Å².